The molecular formula is C28H33BrClFN6O3. The van der Waals surface area contributed by atoms with Gasteiger partial charge < -0.3 is 23.8 Å². The van der Waals surface area contributed by atoms with Crippen LogP contribution < -0.4 is 4.74 Å². The van der Waals surface area contributed by atoms with Gasteiger partial charge in [-0.2, -0.15) is 5.26 Å². The largest absolute Gasteiger partial charge is 0.474 e. The molecule has 2 aliphatic rings. The van der Waals surface area contributed by atoms with Crippen molar-refractivity contribution in [2.24, 2.45) is 0 Å². The van der Waals surface area contributed by atoms with Crippen LogP contribution in [0.3, 0.4) is 0 Å². The van der Waals surface area contributed by atoms with Gasteiger partial charge in [0.1, 0.15) is 17.7 Å². The number of nitrogens with zero attached hydrogens (tertiary/aromatic N) is 6. The molecule has 2 saturated heterocycles. The molecule has 3 aromatic rings. The Hall–Kier alpha value is -2.68. The maximum Gasteiger partial charge on any atom is 0.410 e. The summed E-state index contributed by atoms with van der Waals surface area (Å²) < 4.78 is 29.5. The number of rotatable bonds is 5. The molecule has 2 fully saturated rings. The molecule has 3 atom stereocenters. The first-order valence-corrected chi connectivity index (χ1v) is 14.7. The summed E-state index contributed by atoms with van der Waals surface area (Å²) in [5.41, 5.74) is 0.691. The highest BCUT2D eigenvalue weighted by Gasteiger charge is 2.36. The molecule has 40 heavy (non-hydrogen) atoms. The lowest BCUT2D eigenvalue weighted by atomic mass is 9.95. The molecule has 0 bridgehead atoms. The second-order valence-corrected chi connectivity index (χ2v) is 12.8. The number of benzene rings is 1. The van der Waals surface area contributed by atoms with Crippen molar-refractivity contribution >= 4 is 55.6 Å². The van der Waals surface area contributed by atoms with Gasteiger partial charge >= 0.3 is 6.09 Å². The molecule has 12 heteroatoms. The van der Waals surface area contributed by atoms with Crippen molar-refractivity contribution in [2.45, 2.75) is 76.6 Å². The zero-order valence-electron chi connectivity index (χ0n) is 23.1. The smallest absolute Gasteiger partial charge is 0.410 e. The van der Waals surface area contributed by atoms with Crippen LogP contribution in [0.5, 0.6) is 5.88 Å². The molecule has 1 amide bonds. The Morgan fingerprint density at radius 1 is 1.27 bits per heavy atom. The quantitative estimate of drug-likeness (QED) is 0.297. The molecule has 0 spiro atoms. The predicted molar refractivity (Wildman–Crippen MR) is 154 cm³/mol. The van der Waals surface area contributed by atoms with Crippen LogP contribution >= 0.6 is 27.5 Å². The maximum absolute atomic E-state index is 15.5. The molecule has 0 saturated carbocycles. The SMILES string of the molecule is CN1CCC[C@H]1COc1nc2c(F)c(Br)c(Cl)cc2c2c1ncn2C1CCN(C(=O)OC(C)(C)C)C(CC#N)C1. The lowest BCUT2D eigenvalue weighted by Gasteiger charge is -2.39. The minimum absolute atomic E-state index is 0.105. The number of carbonyl (C=O) groups excluding carboxylic acids is 1. The summed E-state index contributed by atoms with van der Waals surface area (Å²) in [5, 5.41) is 10.3. The summed E-state index contributed by atoms with van der Waals surface area (Å²) in [4.78, 5) is 26.1. The van der Waals surface area contributed by atoms with Crippen LogP contribution in [0.25, 0.3) is 21.9 Å². The van der Waals surface area contributed by atoms with Crippen LogP contribution in [-0.2, 0) is 4.74 Å². The van der Waals surface area contributed by atoms with Crippen LogP contribution in [0.4, 0.5) is 9.18 Å². The number of nitriles is 1. The highest BCUT2D eigenvalue weighted by molar-refractivity contribution is 9.10. The van der Waals surface area contributed by atoms with Crippen molar-refractivity contribution in [3.8, 4) is 11.9 Å². The van der Waals surface area contributed by atoms with Gasteiger partial charge in [-0.25, -0.2) is 19.2 Å². The van der Waals surface area contributed by atoms with E-state index in [4.69, 9.17) is 21.1 Å². The fraction of sp³-hybridized carbons (Fsp3) is 0.571. The Labute approximate surface area is 246 Å². The van der Waals surface area contributed by atoms with E-state index in [0.29, 0.717) is 42.4 Å². The first-order valence-electron chi connectivity index (χ1n) is 13.5. The van der Waals surface area contributed by atoms with Gasteiger partial charge in [-0.05, 0) is 82.0 Å². The number of fused-ring (bicyclic) bond motifs is 3. The molecule has 5 rings (SSSR count). The first kappa shape index (κ1) is 28.8. The van der Waals surface area contributed by atoms with Crippen molar-refractivity contribution < 1.29 is 18.7 Å². The second-order valence-electron chi connectivity index (χ2n) is 11.6. The summed E-state index contributed by atoms with van der Waals surface area (Å²) >= 11 is 9.64. The lowest BCUT2D eigenvalue weighted by Crippen LogP contribution is -2.48. The van der Waals surface area contributed by atoms with Crippen LogP contribution in [0, 0.1) is 17.1 Å². The zero-order chi connectivity index (χ0) is 28.8. The van der Waals surface area contributed by atoms with Gasteiger partial charge in [0.25, 0.3) is 0 Å². The van der Waals surface area contributed by atoms with E-state index >= 15 is 4.39 Å². The van der Waals surface area contributed by atoms with E-state index in [9.17, 15) is 10.1 Å². The van der Waals surface area contributed by atoms with E-state index in [1.807, 2.05) is 25.3 Å². The topological polar surface area (TPSA) is 96.5 Å². The monoisotopic (exact) mass is 634 g/mol. The van der Waals surface area contributed by atoms with E-state index in [1.54, 1.807) is 17.3 Å². The number of imidazole rings is 1. The Morgan fingerprint density at radius 2 is 2.05 bits per heavy atom. The van der Waals surface area contributed by atoms with Crippen LogP contribution in [0.2, 0.25) is 5.02 Å². The summed E-state index contributed by atoms with van der Waals surface area (Å²) in [7, 11) is 2.07. The molecular weight excluding hydrogens is 603 g/mol. The number of amides is 1. The van der Waals surface area contributed by atoms with Gasteiger partial charge in [0.2, 0.25) is 5.88 Å². The molecule has 2 unspecified atom stereocenters. The number of carbonyl (C=O) groups is 1. The Kier molecular flexibility index (Phi) is 8.15. The predicted octanol–water partition coefficient (Wildman–Crippen LogP) is 6.47. The van der Waals surface area contributed by atoms with Gasteiger partial charge in [-0.3, -0.25) is 0 Å². The Bertz CT molecular complexity index is 1490. The fourth-order valence-electron chi connectivity index (χ4n) is 5.70. The highest BCUT2D eigenvalue weighted by Crippen LogP contribution is 2.40. The van der Waals surface area contributed by atoms with Gasteiger partial charge in [0.05, 0.1) is 33.8 Å². The number of pyridine rings is 1. The number of likely N-dealkylation sites (tertiary alicyclic amines) is 2. The molecule has 1 aromatic carbocycles. The van der Waals surface area contributed by atoms with Gasteiger partial charge in [0.15, 0.2) is 11.3 Å². The molecule has 4 heterocycles. The maximum atomic E-state index is 15.5. The highest BCUT2D eigenvalue weighted by atomic mass is 79.9. The van der Waals surface area contributed by atoms with Gasteiger partial charge in [-0.15, -0.1) is 0 Å². The Balaban J connectivity index is 1.55. The van der Waals surface area contributed by atoms with Gasteiger partial charge in [-0.1, -0.05) is 11.6 Å². The summed E-state index contributed by atoms with van der Waals surface area (Å²) in [6, 6.07) is 3.71. The van der Waals surface area contributed by atoms with Crippen LogP contribution in [-0.4, -0.2) is 74.9 Å². The van der Waals surface area contributed by atoms with E-state index in [1.165, 1.54) is 0 Å². The summed E-state index contributed by atoms with van der Waals surface area (Å²) in [6.45, 7) is 7.30. The number of ether oxygens (including phenoxy) is 2. The second kappa shape index (κ2) is 11.3. The van der Waals surface area contributed by atoms with Crippen molar-refractivity contribution in [2.75, 3.05) is 26.7 Å². The average molecular weight is 636 g/mol. The van der Waals surface area contributed by atoms with Crippen molar-refractivity contribution in [1.82, 2.24) is 24.3 Å². The lowest BCUT2D eigenvalue weighted by molar-refractivity contribution is 0.00618. The molecule has 2 aromatic heterocycles. The number of likely N-dealkylation sites (N-methyl/N-ethyl adjacent to an activating group) is 1. The number of hydrogen-bond donors (Lipinski definition) is 0. The number of piperidine rings is 1. The van der Waals surface area contributed by atoms with E-state index in [2.05, 4.69) is 43.9 Å². The third-order valence-electron chi connectivity index (χ3n) is 7.72. The number of hydrogen-bond acceptors (Lipinski definition) is 7. The molecule has 0 N–H and O–H groups in total. The summed E-state index contributed by atoms with van der Waals surface area (Å²) in [5.74, 6) is -0.295. The van der Waals surface area contributed by atoms with Crippen molar-refractivity contribution in [1.29, 1.82) is 5.26 Å². The third-order valence-corrected chi connectivity index (χ3v) is 9.02. The Morgan fingerprint density at radius 3 is 2.73 bits per heavy atom. The minimum Gasteiger partial charge on any atom is -0.474 e. The van der Waals surface area contributed by atoms with E-state index in [-0.39, 0.29) is 45.4 Å². The summed E-state index contributed by atoms with van der Waals surface area (Å²) in [6.07, 6.45) is 4.69. The third kappa shape index (κ3) is 5.58. The zero-order valence-corrected chi connectivity index (χ0v) is 25.4. The molecule has 2 aliphatic heterocycles. The first-order chi connectivity index (χ1) is 19.0. The molecule has 0 aliphatic carbocycles. The van der Waals surface area contributed by atoms with Crippen LogP contribution in [0.15, 0.2) is 16.9 Å². The number of aromatic nitrogens is 3. The standard InChI is InChI=1S/C28H33BrClFN6O3/c1-28(2,3)40-27(38)36-11-8-17(12-16(36)7-9-32)37-15-33-24-25(37)19-13-20(30)21(29)22(31)23(19)34-26(24)39-14-18-6-5-10-35(18)4/h13,15-18H,5-8,10-12,14H2,1-4H3/t16?,17?,18-/m0/s1. The minimum atomic E-state index is -0.640. The van der Waals surface area contributed by atoms with E-state index < -0.39 is 17.5 Å². The fourth-order valence-corrected chi connectivity index (χ4v) is 6.19. The van der Waals surface area contributed by atoms with Crippen LogP contribution in [0.1, 0.15) is 58.9 Å². The average Bonchev–Trinajstić information content (AvgIpc) is 3.52. The van der Waals surface area contributed by atoms with Gasteiger partial charge in [0, 0.05) is 30.1 Å². The molecule has 214 valence electrons. The molecule has 9 nitrogen and oxygen atoms in total. The normalized spacial score (nSPS) is 22.1. The van der Waals surface area contributed by atoms with Crippen molar-refractivity contribution in [3.63, 3.8) is 0 Å². The molecule has 0 radical (unpaired) electrons. The van der Waals surface area contributed by atoms with E-state index in [0.717, 1.165) is 19.4 Å². The van der Waals surface area contributed by atoms with Crippen molar-refractivity contribution in [3.05, 3.63) is 27.7 Å². The number of halogens is 3.